The minimum Gasteiger partial charge on any atom is -0.361 e. The first-order valence-electron chi connectivity index (χ1n) is 10.2. The van der Waals surface area contributed by atoms with Gasteiger partial charge in [0.05, 0.1) is 6.20 Å². The van der Waals surface area contributed by atoms with Crippen LogP contribution in [-0.4, -0.2) is 51.8 Å². The number of aryl methyl sites for hydroxylation is 2. The molecule has 0 radical (unpaired) electrons. The molecule has 3 aromatic rings. The van der Waals surface area contributed by atoms with Crippen LogP contribution < -0.4 is 5.32 Å². The predicted molar refractivity (Wildman–Crippen MR) is 115 cm³/mol. The maximum Gasteiger partial charge on any atom is 0.193 e. The quantitative estimate of drug-likeness (QED) is 0.529. The average Bonchev–Trinajstić information content (AvgIpc) is 3.41. The molecule has 2 aromatic heterocycles. The zero-order chi connectivity index (χ0) is 19.5. The molecule has 0 spiro atoms. The lowest BCUT2D eigenvalue weighted by atomic mass is 10.0. The molecule has 1 saturated heterocycles. The number of aromatic amines is 1. The molecule has 2 N–H and O–H groups in total. The highest BCUT2D eigenvalue weighted by atomic mass is 15.3. The van der Waals surface area contributed by atoms with E-state index in [1.54, 1.807) is 0 Å². The van der Waals surface area contributed by atoms with E-state index >= 15 is 0 Å². The Kier molecular flexibility index (Phi) is 5.37. The Bertz CT molecular complexity index is 966. The summed E-state index contributed by atoms with van der Waals surface area (Å²) in [4.78, 5) is 10.7. The molecule has 1 unspecified atom stereocenters. The molecule has 1 aliphatic heterocycles. The molecule has 0 bridgehead atoms. The van der Waals surface area contributed by atoms with E-state index in [4.69, 9.17) is 4.99 Å². The Labute approximate surface area is 166 Å². The summed E-state index contributed by atoms with van der Waals surface area (Å²) < 4.78 is 1.89. The summed E-state index contributed by atoms with van der Waals surface area (Å²) in [5.74, 6) is 1.57. The number of benzene rings is 1. The Balaban J connectivity index is 1.43. The van der Waals surface area contributed by atoms with Crippen LogP contribution in [0.25, 0.3) is 10.9 Å². The standard InChI is InChI=1S/C22H30N6/c1-4-23-22(28-11-9-18(15-28)19-13-26-27(3)14-19)24-10-8-17-12-25-20-7-5-6-16(2)21(17)20/h5-7,12-14,18,25H,4,8-11,15H2,1-3H3,(H,23,24). The minimum absolute atomic E-state index is 0.536. The third-order valence-corrected chi connectivity index (χ3v) is 5.66. The number of H-pyrrole nitrogens is 1. The lowest BCUT2D eigenvalue weighted by Gasteiger charge is -2.21. The van der Waals surface area contributed by atoms with Crippen molar-refractivity contribution in [1.29, 1.82) is 0 Å². The fourth-order valence-electron chi connectivity index (χ4n) is 4.23. The number of hydrogen-bond acceptors (Lipinski definition) is 2. The van der Waals surface area contributed by atoms with Gasteiger partial charge in [0, 0.05) is 62.4 Å². The number of hydrogen-bond donors (Lipinski definition) is 2. The summed E-state index contributed by atoms with van der Waals surface area (Å²) in [7, 11) is 1.98. The van der Waals surface area contributed by atoms with Gasteiger partial charge in [0.15, 0.2) is 5.96 Å². The van der Waals surface area contributed by atoms with E-state index < -0.39 is 0 Å². The highest BCUT2D eigenvalue weighted by molar-refractivity contribution is 5.86. The summed E-state index contributed by atoms with van der Waals surface area (Å²) in [6.07, 6.45) is 8.36. The first-order chi connectivity index (χ1) is 13.7. The molecule has 6 nitrogen and oxygen atoms in total. The van der Waals surface area contributed by atoms with Crippen molar-refractivity contribution in [3.05, 3.63) is 53.5 Å². The molecular formula is C22H30N6. The molecule has 0 aliphatic carbocycles. The molecule has 0 amide bonds. The second-order valence-corrected chi connectivity index (χ2v) is 7.68. The molecule has 148 valence electrons. The van der Waals surface area contributed by atoms with Gasteiger partial charge in [-0.2, -0.15) is 5.10 Å². The van der Waals surface area contributed by atoms with E-state index in [0.717, 1.165) is 45.0 Å². The first-order valence-corrected chi connectivity index (χ1v) is 10.2. The second-order valence-electron chi connectivity index (χ2n) is 7.68. The van der Waals surface area contributed by atoms with Gasteiger partial charge < -0.3 is 15.2 Å². The molecule has 3 heterocycles. The van der Waals surface area contributed by atoms with Crippen LogP contribution in [0.1, 0.15) is 36.0 Å². The number of guanidine groups is 1. The van der Waals surface area contributed by atoms with Crippen LogP contribution >= 0.6 is 0 Å². The van der Waals surface area contributed by atoms with E-state index in [-0.39, 0.29) is 0 Å². The third-order valence-electron chi connectivity index (χ3n) is 5.66. The van der Waals surface area contributed by atoms with Crippen LogP contribution in [0, 0.1) is 6.92 Å². The Morgan fingerprint density at radius 2 is 2.29 bits per heavy atom. The van der Waals surface area contributed by atoms with Crippen molar-refractivity contribution < 1.29 is 0 Å². The molecule has 28 heavy (non-hydrogen) atoms. The van der Waals surface area contributed by atoms with Gasteiger partial charge in [0.2, 0.25) is 0 Å². The topological polar surface area (TPSA) is 61.2 Å². The van der Waals surface area contributed by atoms with E-state index in [0.29, 0.717) is 5.92 Å². The number of fused-ring (bicyclic) bond motifs is 1. The average molecular weight is 379 g/mol. The number of rotatable bonds is 5. The van der Waals surface area contributed by atoms with Crippen LogP contribution in [0.5, 0.6) is 0 Å². The van der Waals surface area contributed by atoms with Crippen LogP contribution in [0.15, 0.2) is 41.8 Å². The maximum absolute atomic E-state index is 4.94. The highest BCUT2D eigenvalue weighted by Crippen LogP contribution is 2.27. The fraction of sp³-hybridized carbons (Fsp3) is 0.455. The van der Waals surface area contributed by atoms with E-state index in [9.17, 15) is 0 Å². The van der Waals surface area contributed by atoms with E-state index in [1.165, 1.54) is 27.6 Å². The SMILES string of the molecule is CCNC(=NCCc1c[nH]c2cccc(C)c12)N1CCC(c2cnn(C)c2)C1. The molecule has 1 fully saturated rings. The molecular weight excluding hydrogens is 348 g/mol. The van der Waals surface area contributed by atoms with E-state index in [1.807, 2.05) is 17.9 Å². The minimum atomic E-state index is 0.536. The van der Waals surface area contributed by atoms with Crippen molar-refractivity contribution in [2.75, 3.05) is 26.2 Å². The summed E-state index contributed by atoms with van der Waals surface area (Å²) in [6, 6.07) is 6.42. The van der Waals surface area contributed by atoms with Gasteiger partial charge >= 0.3 is 0 Å². The highest BCUT2D eigenvalue weighted by Gasteiger charge is 2.26. The van der Waals surface area contributed by atoms with Crippen molar-refractivity contribution >= 4 is 16.9 Å². The molecule has 1 atom stereocenters. The summed E-state index contributed by atoms with van der Waals surface area (Å²) in [5.41, 5.74) is 5.21. The predicted octanol–water partition coefficient (Wildman–Crippen LogP) is 3.21. The van der Waals surface area contributed by atoms with Gasteiger partial charge in [-0.05, 0) is 49.4 Å². The number of aliphatic imine (C=N–C) groups is 1. The second kappa shape index (κ2) is 8.09. The monoisotopic (exact) mass is 378 g/mol. The Morgan fingerprint density at radius 3 is 3.07 bits per heavy atom. The molecule has 1 aromatic carbocycles. The van der Waals surface area contributed by atoms with E-state index in [2.05, 4.69) is 64.7 Å². The summed E-state index contributed by atoms with van der Waals surface area (Å²) in [6.45, 7) is 8.03. The first kappa shape index (κ1) is 18.6. The number of nitrogens with one attached hydrogen (secondary N) is 2. The van der Waals surface area contributed by atoms with Gasteiger partial charge in [0.25, 0.3) is 0 Å². The third kappa shape index (κ3) is 3.77. The summed E-state index contributed by atoms with van der Waals surface area (Å²) in [5, 5.41) is 9.15. The zero-order valence-electron chi connectivity index (χ0n) is 17.1. The molecule has 4 rings (SSSR count). The fourth-order valence-corrected chi connectivity index (χ4v) is 4.23. The largest absolute Gasteiger partial charge is 0.361 e. The Hall–Kier alpha value is -2.76. The van der Waals surface area contributed by atoms with Crippen molar-refractivity contribution in [1.82, 2.24) is 25.0 Å². The molecule has 6 heteroatoms. The van der Waals surface area contributed by atoms with Gasteiger partial charge in [-0.3, -0.25) is 9.67 Å². The maximum atomic E-state index is 4.94. The van der Waals surface area contributed by atoms with Crippen LogP contribution in [-0.2, 0) is 13.5 Å². The molecule has 0 saturated carbocycles. The van der Waals surface area contributed by atoms with Crippen molar-refractivity contribution in [3.8, 4) is 0 Å². The zero-order valence-corrected chi connectivity index (χ0v) is 17.1. The Morgan fingerprint density at radius 1 is 1.39 bits per heavy atom. The molecule has 1 aliphatic rings. The van der Waals surface area contributed by atoms with Gasteiger partial charge in [-0.25, -0.2) is 0 Å². The van der Waals surface area contributed by atoms with Gasteiger partial charge in [0.1, 0.15) is 0 Å². The van der Waals surface area contributed by atoms with Gasteiger partial charge in [-0.1, -0.05) is 12.1 Å². The lowest BCUT2D eigenvalue weighted by Crippen LogP contribution is -2.40. The van der Waals surface area contributed by atoms with Crippen LogP contribution in [0.2, 0.25) is 0 Å². The van der Waals surface area contributed by atoms with Crippen molar-refractivity contribution in [2.45, 2.75) is 32.6 Å². The number of nitrogens with zero attached hydrogens (tertiary/aromatic N) is 4. The van der Waals surface area contributed by atoms with Crippen LogP contribution in [0.4, 0.5) is 0 Å². The normalized spacial score (nSPS) is 17.6. The van der Waals surface area contributed by atoms with Crippen molar-refractivity contribution in [2.24, 2.45) is 12.0 Å². The van der Waals surface area contributed by atoms with Gasteiger partial charge in [-0.15, -0.1) is 0 Å². The summed E-state index contributed by atoms with van der Waals surface area (Å²) >= 11 is 0. The smallest absolute Gasteiger partial charge is 0.193 e. The van der Waals surface area contributed by atoms with Crippen molar-refractivity contribution in [3.63, 3.8) is 0 Å². The number of likely N-dealkylation sites (tertiary alicyclic amines) is 1. The van der Waals surface area contributed by atoms with Crippen LogP contribution in [0.3, 0.4) is 0 Å². The number of aromatic nitrogens is 3. The lowest BCUT2D eigenvalue weighted by molar-refractivity contribution is 0.486.